The van der Waals surface area contributed by atoms with Gasteiger partial charge < -0.3 is 5.32 Å². The molecule has 0 atom stereocenters. The van der Waals surface area contributed by atoms with Gasteiger partial charge in [-0.25, -0.2) is 0 Å². The van der Waals surface area contributed by atoms with Crippen LogP contribution in [0.25, 0.3) is 6.08 Å². The molecule has 0 aliphatic heterocycles. The van der Waals surface area contributed by atoms with Crippen molar-refractivity contribution >= 4 is 35.0 Å². The lowest BCUT2D eigenvalue weighted by atomic mass is 10.0. The minimum atomic E-state index is -0.587. The second-order valence-electron chi connectivity index (χ2n) is 5.56. The van der Waals surface area contributed by atoms with Gasteiger partial charge in [-0.15, -0.1) is 0 Å². The average molecular weight is 345 g/mol. The number of amides is 1. The van der Waals surface area contributed by atoms with Crippen LogP contribution in [-0.4, -0.2) is 10.8 Å². The van der Waals surface area contributed by atoms with Crippen molar-refractivity contribution < 1.29 is 9.72 Å². The largest absolute Gasteiger partial charge is 0.317 e. The van der Waals surface area contributed by atoms with E-state index in [1.165, 1.54) is 29.8 Å². The second-order valence-corrected chi connectivity index (χ2v) is 6.00. The number of nitrogens with zero attached hydrogens (tertiary/aromatic N) is 1. The molecule has 0 heterocycles. The molecule has 1 N–H and O–H groups in total. The van der Waals surface area contributed by atoms with Crippen molar-refractivity contribution in [2.45, 2.75) is 19.8 Å². The third-order valence-corrected chi connectivity index (χ3v) is 3.68. The van der Waals surface area contributed by atoms with E-state index < -0.39 is 10.8 Å². The van der Waals surface area contributed by atoms with Crippen LogP contribution in [0.2, 0.25) is 5.02 Å². The van der Waals surface area contributed by atoms with E-state index in [4.69, 9.17) is 11.6 Å². The van der Waals surface area contributed by atoms with Crippen molar-refractivity contribution in [2.24, 2.45) is 0 Å². The maximum atomic E-state index is 12.0. The molecule has 0 radical (unpaired) electrons. The van der Waals surface area contributed by atoms with Crippen molar-refractivity contribution in [3.8, 4) is 0 Å². The summed E-state index contributed by atoms with van der Waals surface area (Å²) in [6.07, 6.45) is 2.99. The predicted octanol–water partition coefficient (Wildman–Crippen LogP) is 5.02. The Hall–Kier alpha value is -2.66. The molecule has 2 rings (SSSR count). The molecule has 0 fully saturated rings. The van der Waals surface area contributed by atoms with Gasteiger partial charge in [-0.2, -0.15) is 0 Å². The third-order valence-electron chi connectivity index (χ3n) is 3.44. The van der Waals surface area contributed by atoms with Gasteiger partial charge in [0.2, 0.25) is 5.91 Å². The van der Waals surface area contributed by atoms with Gasteiger partial charge >= 0.3 is 0 Å². The van der Waals surface area contributed by atoms with Crippen LogP contribution in [0.3, 0.4) is 0 Å². The van der Waals surface area contributed by atoms with Crippen LogP contribution in [0.1, 0.15) is 30.9 Å². The molecule has 24 heavy (non-hydrogen) atoms. The summed E-state index contributed by atoms with van der Waals surface area (Å²) in [6, 6.07) is 11.9. The lowest BCUT2D eigenvalue weighted by Gasteiger charge is -2.05. The minimum absolute atomic E-state index is 0.106. The monoisotopic (exact) mass is 344 g/mol. The molecule has 0 aliphatic carbocycles. The number of nitro benzene ring substituents is 1. The Labute approximate surface area is 145 Å². The number of carbonyl (C=O) groups is 1. The highest BCUT2D eigenvalue weighted by molar-refractivity contribution is 6.31. The fraction of sp³-hybridized carbons (Fsp3) is 0.167. The zero-order valence-electron chi connectivity index (χ0n) is 13.3. The first-order chi connectivity index (χ1) is 11.4. The summed E-state index contributed by atoms with van der Waals surface area (Å²) in [5.74, 6) is -0.00913. The summed E-state index contributed by atoms with van der Waals surface area (Å²) in [5.41, 5.74) is 1.95. The Morgan fingerprint density at radius 1 is 1.21 bits per heavy atom. The summed E-state index contributed by atoms with van der Waals surface area (Å²) >= 11 is 5.74. The van der Waals surface area contributed by atoms with Crippen molar-refractivity contribution in [1.29, 1.82) is 0 Å². The summed E-state index contributed by atoms with van der Waals surface area (Å²) in [5, 5.41) is 13.7. The van der Waals surface area contributed by atoms with Crippen molar-refractivity contribution in [3.63, 3.8) is 0 Å². The van der Waals surface area contributed by atoms with Gasteiger partial charge in [-0.05, 0) is 35.3 Å². The van der Waals surface area contributed by atoms with E-state index >= 15 is 0 Å². The number of nitro groups is 1. The Bertz CT molecular complexity index is 783. The van der Waals surface area contributed by atoms with Crippen molar-refractivity contribution in [1.82, 2.24) is 0 Å². The highest BCUT2D eigenvalue weighted by Crippen LogP contribution is 2.27. The molecule has 0 spiro atoms. The summed E-state index contributed by atoms with van der Waals surface area (Å²) in [4.78, 5) is 22.4. The Morgan fingerprint density at radius 3 is 2.46 bits per heavy atom. The first kappa shape index (κ1) is 17.7. The van der Waals surface area contributed by atoms with Gasteiger partial charge in [0, 0.05) is 17.2 Å². The molecule has 6 heteroatoms. The molecule has 0 aromatic heterocycles. The van der Waals surface area contributed by atoms with Crippen LogP contribution in [0.15, 0.2) is 48.5 Å². The number of halogens is 1. The van der Waals surface area contributed by atoms with Crippen LogP contribution in [0.5, 0.6) is 0 Å². The zero-order chi connectivity index (χ0) is 17.7. The molecular weight excluding hydrogens is 328 g/mol. The summed E-state index contributed by atoms with van der Waals surface area (Å²) < 4.78 is 0. The SMILES string of the molecule is CC(C)c1ccc(/C=C/C(=O)Nc2ccc(Cl)cc2[N+](=O)[O-])cc1. The molecule has 2 aromatic rings. The highest BCUT2D eigenvalue weighted by atomic mass is 35.5. The number of hydrogen-bond acceptors (Lipinski definition) is 3. The number of rotatable bonds is 5. The smallest absolute Gasteiger partial charge is 0.294 e. The van der Waals surface area contributed by atoms with Gasteiger partial charge in [0.05, 0.1) is 4.92 Å². The maximum absolute atomic E-state index is 12.0. The fourth-order valence-corrected chi connectivity index (χ4v) is 2.27. The van der Waals surface area contributed by atoms with E-state index in [0.717, 1.165) is 5.56 Å². The quantitative estimate of drug-likeness (QED) is 0.470. The van der Waals surface area contributed by atoms with E-state index in [1.54, 1.807) is 6.08 Å². The lowest BCUT2D eigenvalue weighted by Crippen LogP contribution is -2.09. The molecule has 0 aliphatic rings. The molecule has 5 nitrogen and oxygen atoms in total. The standard InChI is InChI=1S/C18H17ClN2O3/c1-12(2)14-6-3-13(4-7-14)5-10-18(22)20-16-9-8-15(19)11-17(16)21(23)24/h3-12H,1-2H3,(H,20,22)/b10-5+. The second kappa shape index (κ2) is 7.75. The van der Waals surface area contributed by atoms with Crippen LogP contribution in [0.4, 0.5) is 11.4 Å². The van der Waals surface area contributed by atoms with Gasteiger partial charge in [0.15, 0.2) is 0 Å². The predicted molar refractivity (Wildman–Crippen MR) is 96.3 cm³/mol. The van der Waals surface area contributed by atoms with E-state index in [0.29, 0.717) is 5.92 Å². The van der Waals surface area contributed by atoms with E-state index in [2.05, 4.69) is 19.2 Å². The number of hydrogen-bond donors (Lipinski definition) is 1. The molecule has 0 saturated carbocycles. The molecule has 124 valence electrons. The lowest BCUT2D eigenvalue weighted by molar-refractivity contribution is -0.383. The number of carbonyl (C=O) groups excluding carboxylic acids is 1. The zero-order valence-corrected chi connectivity index (χ0v) is 14.1. The first-order valence-corrected chi connectivity index (χ1v) is 7.77. The van der Waals surface area contributed by atoms with Crippen LogP contribution >= 0.6 is 11.6 Å². The van der Waals surface area contributed by atoms with Gasteiger partial charge in [0.1, 0.15) is 5.69 Å². The van der Waals surface area contributed by atoms with Crippen LogP contribution < -0.4 is 5.32 Å². The molecule has 2 aromatic carbocycles. The molecule has 0 saturated heterocycles. The molecular formula is C18H17ClN2O3. The normalized spacial score (nSPS) is 11.0. The average Bonchev–Trinajstić information content (AvgIpc) is 2.54. The van der Waals surface area contributed by atoms with Gasteiger partial charge in [0.25, 0.3) is 5.69 Å². The Kier molecular flexibility index (Phi) is 5.71. The van der Waals surface area contributed by atoms with Gasteiger partial charge in [-0.1, -0.05) is 49.7 Å². The molecule has 0 unspecified atom stereocenters. The molecule has 0 bridgehead atoms. The highest BCUT2D eigenvalue weighted by Gasteiger charge is 2.15. The Morgan fingerprint density at radius 2 is 1.88 bits per heavy atom. The number of nitrogens with one attached hydrogen (secondary N) is 1. The Balaban J connectivity index is 2.09. The van der Waals surface area contributed by atoms with Gasteiger partial charge in [-0.3, -0.25) is 14.9 Å². The number of anilines is 1. The topological polar surface area (TPSA) is 72.2 Å². The summed E-state index contributed by atoms with van der Waals surface area (Å²) in [7, 11) is 0. The molecule has 1 amide bonds. The maximum Gasteiger partial charge on any atom is 0.294 e. The van der Waals surface area contributed by atoms with E-state index in [9.17, 15) is 14.9 Å². The minimum Gasteiger partial charge on any atom is -0.317 e. The first-order valence-electron chi connectivity index (χ1n) is 7.40. The van der Waals surface area contributed by atoms with E-state index in [-0.39, 0.29) is 16.4 Å². The third kappa shape index (κ3) is 4.67. The van der Waals surface area contributed by atoms with Crippen molar-refractivity contribution in [3.05, 3.63) is 74.8 Å². The van der Waals surface area contributed by atoms with Crippen LogP contribution in [0, 0.1) is 10.1 Å². The van der Waals surface area contributed by atoms with Crippen LogP contribution in [-0.2, 0) is 4.79 Å². The van der Waals surface area contributed by atoms with Crippen molar-refractivity contribution in [2.75, 3.05) is 5.32 Å². The van der Waals surface area contributed by atoms with E-state index in [1.807, 2.05) is 24.3 Å². The summed E-state index contributed by atoms with van der Waals surface area (Å²) in [6.45, 7) is 4.22. The fourth-order valence-electron chi connectivity index (χ4n) is 2.10. The number of benzene rings is 2.